The molecule has 1 aromatic rings. The fraction of sp³-hybridized carbons (Fsp3) is 0.100. The predicted molar refractivity (Wildman–Crippen MR) is 56.0 cm³/mol. The van der Waals surface area contributed by atoms with Gasteiger partial charge in [0.05, 0.1) is 5.69 Å². The molecule has 4 N–H and O–H groups in total. The maximum atomic E-state index is 11.1. The first kappa shape index (κ1) is 10.1. The van der Waals surface area contributed by atoms with Crippen LogP contribution in [-0.4, -0.2) is 11.0 Å². The summed E-state index contributed by atoms with van der Waals surface area (Å²) in [6, 6.07) is 4.48. The molecule has 0 unspecified atom stereocenters. The van der Waals surface area contributed by atoms with Crippen molar-refractivity contribution < 1.29 is 9.90 Å². The first-order valence-corrected chi connectivity index (χ1v) is 4.15. The quantitative estimate of drug-likeness (QED) is 0.287. The minimum absolute atomic E-state index is 0.00273. The van der Waals surface area contributed by atoms with Gasteiger partial charge in [-0.2, -0.15) is 0 Å². The minimum Gasteiger partial charge on any atom is -0.506 e. The van der Waals surface area contributed by atoms with E-state index in [4.69, 9.17) is 5.73 Å². The van der Waals surface area contributed by atoms with Gasteiger partial charge in [-0.3, -0.25) is 4.79 Å². The highest BCUT2D eigenvalue weighted by molar-refractivity contribution is 6.00. The Morgan fingerprint density at radius 3 is 2.93 bits per heavy atom. The van der Waals surface area contributed by atoms with Gasteiger partial charge in [0, 0.05) is 5.69 Å². The number of nitrogens with one attached hydrogen (secondary N) is 1. The van der Waals surface area contributed by atoms with Crippen LogP contribution in [0, 0.1) is 0 Å². The zero-order chi connectivity index (χ0) is 10.6. The van der Waals surface area contributed by atoms with Crippen LogP contribution < -0.4 is 11.1 Å². The van der Waals surface area contributed by atoms with Crippen molar-refractivity contribution in [3.8, 4) is 5.75 Å². The summed E-state index contributed by atoms with van der Waals surface area (Å²) >= 11 is 0. The Balaban J connectivity index is 2.85. The van der Waals surface area contributed by atoms with E-state index < -0.39 is 0 Å². The lowest BCUT2D eigenvalue weighted by Crippen LogP contribution is -2.08. The molecule has 1 aromatic carbocycles. The second-order valence-corrected chi connectivity index (χ2v) is 2.77. The average molecular weight is 192 g/mol. The van der Waals surface area contributed by atoms with E-state index in [2.05, 4.69) is 5.32 Å². The molecule has 1 amide bonds. The summed E-state index contributed by atoms with van der Waals surface area (Å²) in [6.45, 7) is 1.73. The summed E-state index contributed by atoms with van der Waals surface area (Å²) in [5, 5.41) is 11.9. The van der Waals surface area contributed by atoms with E-state index in [9.17, 15) is 9.90 Å². The number of anilines is 2. The van der Waals surface area contributed by atoms with Gasteiger partial charge in [0.1, 0.15) is 5.75 Å². The van der Waals surface area contributed by atoms with Crippen molar-refractivity contribution in [2.45, 2.75) is 6.92 Å². The third kappa shape index (κ3) is 2.52. The lowest BCUT2D eigenvalue weighted by molar-refractivity contribution is -0.111. The second-order valence-electron chi connectivity index (χ2n) is 2.77. The fourth-order valence-electron chi connectivity index (χ4n) is 0.980. The number of carbonyl (C=O) groups excluding carboxylic acids is 1. The lowest BCUT2D eigenvalue weighted by atomic mass is 10.2. The molecule has 4 heteroatoms. The second kappa shape index (κ2) is 4.32. The molecule has 0 aromatic heterocycles. The molecule has 0 radical (unpaired) electrons. The van der Waals surface area contributed by atoms with Crippen LogP contribution in [0.2, 0.25) is 0 Å². The first-order valence-electron chi connectivity index (χ1n) is 4.15. The molecule has 14 heavy (non-hydrogen) atoms. The van der Waals surface area contributed by atoms with E-state index in [0.29, 0.717) is 11.4 Å². The fourth-order valence-corrected chi connectivity index (χ4v) is 0.980. The Morgan fingerprint density at radius 1 is 1.57 bits per heavy atom. The number of hydrogen-bond donors (Lipinski definition) is 3. The third-order valence-electron chi connectivity index (χ3n) is 1.60. The molecule has 74 valence electrons. The Bertz CT molecular complexity index is 372. The number of amides is 1. The van der Waals surface area contributed by atoms with Gasteiger partial charge >= 0.3 is 0 Å². The van der Waals surface area contributed by atoms with Gasteiger partial charge in [0.2, 0.25) is 5.91 Å². The number of rotatable bonds is 2. The molecular weight excluding hydrogens is 180 g/mol. The van der Waals surface area contributed by atoms with Gasteiger partial charge in [0.15, 0.2) is 0 Å². The number of nitrogen functional groups attached to an aromatic ring is 1. The van der Waals surface area contributed by atoms with E-state index >= 15 is 0 Å². The molecule has 0 spiro atoms. The van der Waals surface area contributed by atoms with Crippen molar-refractivity contribution in [3.05, 3.63) is 30.4 Å². The van der Waals surface area contributed by atoms with Crippen LogP contribution in [0.25, 0.3) is 0 Å². The standard InChI is InChI=1S/C10H12N2O2/c1-2-3-10(14)12-8-6-7(11)4-5-9(8)13/h2-6,13H,11H2,1H3,(H,12,14)/b3-2+. The zero-order valence-corrected chi connectivity index (χ0v) is 7.82. The number of phenols is 1. The average Bonchev–Trinajstić information content (AvgIpc) is 2.12. The van der Waals surface area contributed by atoms with Crippen LogP contribution in [0.5, 0.6) is 5.75 Å². The van der Waals surface area contributed by atoms with Crippen LogP contribution in [0.4, 0.5) is 11.4 Å². The van der Waals surface area contributed by atoms with Gasteiger partial charge < -0.3 is 16.2 Å². The van der Waals surface area contributed by atoms with Gasteiger partial charge in [-0.1, -0.05) is 6.08 Å². The minimum atomic E-state index is -0.298. The Hall–Kier alpha value is -1.97. The van der Waals surface area contributed by atoms with E-state index in [1.165, 1.54) is 18.2 Å². The van der Waals surface area contributed by atoms with Crippen molar-refractivity contribution in [1.29, 1.82) is 0 Å². The monoisotopic (exact) mass is 192 g/mol. The summed E-state index contributed by atoms with van der Waals surface area (Å²) in [4.78, 5) is 11.1. The highest BCUT2D eigenvalue weighted by atomic mass is 16.3. The number of benzene rings is 1. The number of carbonyl (C=O) groups is 1. The summed E-state index contributed by atoms with van der Waals surface area (Å²) in [6.07, 6.45) is 2.97. The Labute approximate surface area is 82.0 Å². The summed E-state index contributed by atoms with van der Waals surface area (Å²) in [7, 11) is 0. The molecule has 0 fully saturated rings. The Morgan fingerprint density at radius 2 is 2.29 bits per heavy atom. The van der Waals surface area contributed by atoms with Crippen LogP contribution in [-0.2, 0) is 4.79 Å². The number of allylic oxidation sites excluding steroid dienone is 1. The van der Waals surface area contributed by atoms with E-state index in [-0.39, 0.29) is 11.7 Å². The van der Waals surface area contributed by atoms with Crippen molar-refractivity contribution in [3.63, 3.8) is 0 Å². The maximum Gasteiger partial charge on any atom is 0.248 e. The molecule has 0 heterocycles. The summed E-state index contributed by atoms with van der Waals surface area (Å²) < 4.78 is 0. The van der Waals surface area contributed by atoms with Crippen LogP contribution in [0.3, 0.4) is 0 Å². The highest BCUT2D eigenvalue weighted by Crippen LogP contribution is 2.24. The van der Waals surface area contributed by atoms with E-state index in [0.717, 1.165) is 0 Å². The van der Waals surface area contributed by atoms with Gasteiger partial charge in [-0.25, -0.2) is 0 Å². The van der Waals surface area contributed by atoms with Gasteiger partial charge in [-0.05, 0) is 31.2 Å². The predicted octanol–water partition coefficient (Wildman–Crippen LogP) is 1.49. The molecule has 1 rings (SSSR count). The van der Waals surface area contributed by atoms with Crippen molar-refractivity contribution in [1.82, 2.24) is 0 Å². The molecule has 0 aliphatic rings. The van der Waals surface area contributed by atoms with Crippen molar-refractivity contribution in [2.24, 2.45) is 0 Å². The topological polar surface area (TPSA) is 75.4 Å². The number of aromatic hydroxyl groups is 1. The summed E-state index contributed by atoms with van der Waals surface area (Å²) in [5.41, 5.74) is 6.29. The number of nitrogens with two attached hydrogens (primary N) is 1. The molecule has 4 nitrogen and oxygen atoms in total. The van der Waals surface area contributed by atoms with E-state index in [1.807, 2.05) is 0 Å². The number of hydrogen-bond acceptors (Lipinski definition) is 3. The molecule has 0 atom stereocenters. The van der Waals surface area contributed by atoms with Crippen LogP contribution >= 0.6 is 0 Å². The molecule has 0 bridgehead atoms. The lowest BCUT2D eigenvalue weighted by Gasteiger charge is -2.05. The zero-order valence-electron chi connectivity index (χ0n) is 7.82. The maximum absolute atomic E-state index is 11.1. The Kier molecular flexibility index (Phi) is 3.12. The van der Waals surface area contributed by atoms with Gasteiger partial charge in [-0.15, -0.1) is 0 Å². The molecule has 0 saturated heterocycles. The largest absolute Gasteiger partial charge is 0.506 e. The van der Waals surface area contributed by atoms with Crippen LogP contribution in [0.1, 0.15) is 6.92 Å². The van der Waals surface area contributed by atoms with Gasteiger partial charge in [0.25, 0.3) is 0 Å². The molecule has 0 aliphatic heterocycles. The van der Waals surface area contributed by atoms with Crippen LogP contribution in [0.15, 0.2) is 30.4 Å². The van der Waals surface area contributed by atoms with Crippen molar-refractivity contribution in [2.75, 3.05) is 11.1 Å². The molecule has 0 aliphatic carbocycles. The molecular formula is C10H12N2O2. The molecule has 0 saturated carbocycles. The smallest absolute Gasteiger partial charge is 0.248 e. The third-order valence-corrected chi connectivity index (χ3v) is 1.60. The highest BCUT2D eigenvalue weighted by Gasteiger charge is 2.03. The van der Waals surface area contributed by atoms with E-state index in [1.54, 1.807) is 19.1 Å². The normalized spacial score (nSPS) is 10.4. The summed E-state index contributed by atoms with van der Waals surface area (Å²) in [5.74, 6) is -0.301. The van der Waals surface area contributed by atoms with Crippen molar-refractivity contribution >= 4 is 17.3 Å². The first-order chi connectivity index (χ1) is 6.63. The SMILES string of the molecule is C/C=C/C(=O)Nc1cc(N)ccc1O. The number of phenolic OH excluding ortho intramolecular Hbond substituents is 1.